The minimum Gasteiger partial charge on any atom is -0.227 e. The largest absolute Gasteiger partial charge is 0.227 e. The Kier molecular flexibility index (Phi) is 10.6. The van der Waals surface area contributed by atoms with Crippen molar-refractivity contribution in [1.82, 2.24) is 0 Å². The Balaban J connectivity index is 0.00000124. The third-order valence-electron chi connectivity index (χ3n) is 7.52. The van der Waals surface area contributed by atoms with Crippen molar-refractivity contribution in [3.8, 4) is 0 Å². The first-order chi connectivity index (χ1) is 14.9. The predicted molar refractivity (Wildman–Crippen MR) is 129 cm³/mol. The van der Waals surface area contributed by atoms with Gasteiger partial charge in [-0.1, -0.05) is 83.8 Å². The van der Waals surface area contributed by atoms with Crippen molar-refractivity contribution in [1.29, 1.82) is 0 Å². The van der Waals surface area contributed by atoms with Gasteiger partial charge in [0.15, 0.2) is 0 Å². The zero-order valence-corrected chi connectivity index (χ0v) is 20.5. The maximum absolute atomic E-state index is 5.48. The average molecular weight is 433 g/mol. The highest BCUT2D eigenvalue weighted by Gasteiger charge is 2.28. The highest BCUT2D eigenvalue weighted by atomic mass is 32.2. The summed E-state index contributed by atoms with van der Waals surface area (Å²) in [6, 6.07) is 5.19. The lowest BCUT2D eigenvalue weighted by atomic mass is 9.76. The minimum absolute atomic E-state index is 0.711. The summed E-state index contributed by atoms with van der Waals surface area (Å²) >= 11 is 1.49. The van der Waals surface area contributed by atoms with Crippen molar-refractivity contribution in [2.45, 2.75) is 133 Å². The molecular weight excluding hydrogens is 388 g/mol. The molecule has 4 rings (SSSR count). The number of hydrogen-bond donors (Lipinski definition) is 0. The van der Waals surface area contributed by atoms with E-state index in [9.17, 15) is 0 Å². The minimum atomic E-state index is 0.711. The fraction of sp³-hybridized carbons (Fsp3) is 0.778. The fourth-order valence-corrected chi connectivity index (χ4v) is 6.75. The van der Waals surface area contributed by atoms with E-state index in [1.54, 1.807) is 23.8 Å². The molecule has 0 bridgehead atoms. The van der Waals surface area contributed by atoms with E-state index in [0.717, 1.165) is 5.92 Å². The van der Waals surface area contributed by atoms with Gasteiger partial charge in [-0.3, -0.25) is 0 Å². The molecule has 30 heavy (non-hydrogen) atoms. The van der Waals surface area contributed by atoms with Gasteiger partial charge in [0.05, 0.1) is 19.2 Å². The molecule has 0 aromatic heterocycles. The lowest BCUT2D eigenvalue weighted by molar-refractivity contribution is -0.160. The van der Waals surface area contributed by atoms with Crippen LogP contribution in [-0.2, 0) is 9.22 Å². The van der Waals surface area contributed by atoms with Gasteiger partial charge in [0.2, 0.25) is 0 Å². The van der Waals surface area contributed by atoms with Crippen LogP contribution in [0.3, 0.4) is 0 Å². The molecule has 0 unspecified atom stereocenters. The second-order valence-corrected chi connectivity index (χ2v) is 10.1. The van der Waals surface area contributed by atoms with Gasteiger partial charge >= 0.3 is 0 Å². The Hall–Kier alpha value is -0.510. The number of hydrogen-bond acceptors (Lipinski definition) is 3. The molecule has 0 heterocycles. The van der Waals surface area contributed by atoms with Crippen LogP contribution in [0.1, 0.15) is 145 Å². The quantitative estimate of drug-likeness (QED) is 0.253. The second kappa shape index (κ2) is 13.1. The third-order valence-corrected chi connectivity index (χ3v) is 8.36. The first kappa shape index (κ1) is 24.1. The van der Waals surface area contributed by atoms with Gasteiger partial charge in [-0.05, 0) is 73.0 Å². The molecule has 0 aliphatic heterocycles. The Morgan fingerprint density at radius 2 is 1.03 bits per heavy atom. The average Bonchev–Trinajstić information content (AvgIpc) is 2.85. The zero-order chi connectivity index (χ0) is 21.2. The van der Waals surface area contributed by atoms with Gasteiger partial charge in [0.25, 0.3) is 0 Å². The van der Waals surface area contributed by atoms with Gasteiger partial charge in [0.1, 0.15) is 0 Å². The van der Waals surface area contributed by atoms with E-state index in [-0.39, 0.29) is 0 Å². The molecule has 0 N–H and O–H groups in total. The molecule has 0 amide bonds. The highest BCUT2D eigenvalue weighted by molar-refractivity contribution is 7.94. The first-order valence-electron chi connectivity index (χ1n) is 12.9. The SMILES string of the molecule is CC.COOSc1c(C2CCCCC2)cc(C2CCCCC2)cc1C1CCCCC1. The van der Waals surface area contributed by atoms with Crippen LogP contribution in [0.15, 0.2) is 17.0 Å². The van der Waals surface area contributed by atoms with E-state index < -0.39 is 0 Å². The molecule has 170 valence electrons. The first-order valence-corrected chi connectivity index (χ1v) is 13.7. The van der Waals surface area contributed by atoms with Gasteiger partial charge in [-0.15, -0.1) is 0 Å². The standard InChI is InChI=1S/C25H38O2S.C2H6/c1-26-27-28-25-23(20-13-7-3-8-14-20)17-22(19-11-5-2-6-12-19)18-24(25)21-15-9-4-10-16-21;1-2/h17-21H,2-16H2,1H3;1-2H3. The Labute approximate surface area is 190 Å². The predicted octanol–water partition coefficient (Wildman–Crippen LogP) is 9.44. The van der Waals surface area contributed by atoms with Crippen molar-refractivity contribution in [2.24, 2.45) is 0 Å². The topological polar surface area (TPSA) is 18.5 Å². The van der Waals surface area contributed by atoms with Crippen LogP contribution in [-0.4, -0.2) is 7.11 Å². The van der Waals surface area contributed by atoms with Crippen molar-refractivity contribution in [3.63, 3.8) is 0 Å². The van der Waals surface area contributed by atoms with Crippen LogP contribution < -0.4 is 0 Å². The van der Waals surface area contributed by atoms with Crippen molar-refractivity contribution >= 4 is 12.0 Å². The van der Waals surface area contributed by atoms with Crippen LogP contribution >= 0.6 is 12.0 Å². The molecule has 0 spiro atoms. The van der Waals surface area contributed by atoms with Gasteiger partial charge in [0, 0.05) is 4.90 Å². The summed E-state index contributed by atoms with van der Waals surface area (Å²) in [7, 11) is 1.63. The Bertz CT molecular complexity index is 572. The molecule has 3 aliphatic carbocycles. The molecule has 3 aliphatic rings. The molecule has 3 saturated carbocycles. The molecule has 0 saturated heterocycles. The van der Waals surface area contributed by atoms with Gasteiger partial charge in [-0.25, -0.2) is 4.89 Å². The molecule has 1 aromatic rings. The molecular formula is C27H44O2S. The van der Waals surface area contributed by atoms with Gasteiger partial charge in [-0.2, -0.15) is 4.33 Å². The third kappa shape index (κ3) is 6.26. The molecule has 0 radical (unpaired) electrons. The van der Waals surface area contributed by atoms with Crippen LogP contribution in [0, 0.1) is 0 Å². The molecule has 2 nitrogen and oxygen atoms in total. The van der Waals surface area contributed by atoms with Crippen LogP contribution in [0.4, 0.5) is 0 Å². The maximum Gasteiger partial charge on any atom is 0.0725 e. The second-order valence-electron chi connectivity index (χ2n) is 9.35. The molecule has 1 aromatic carbocycles. The van der Waals surface area contributed by atoms with E-state index in [4.69, 9.17) is 9.22 Å². The highest BCUT2D eigenvalue weighted by Crippen LogP contribution is 2.47. The molecule has 0 atom stereocenters. The fourth-order valence-electron chi connectivity index (χ4n) is 5.97. The number of rotatable bonds is 6. The summed E-state index contributed by atoms with van der Waals surface area (Å²) < 4.78 is 5.48. The van der Waals surface area contributed by atoms with Crippen LogP contribution in [0.25, 0.3) is 0 Å². The molecule has 3 fully saturated rings. The smallest absolute Gasteiger partial charge is 0.0725 e. The molecule has 3 heteroatoms. The van der Waals surface area contributed by atoms with E-state index in [1.807, 2.05) is 13.8 Å². The summed E-state index contributed by atoms with van der Waals surface area (Å²) in [5, 5.41) is 0. The maximum atomic E-state index is 5.48. The van der Waals surface area contributed by atoms with Crippen molar-refractivity contribution in [3.05, 3.63) is 28.8 Å². The summed E-state index contributed by atoms with van der Waals surface area (Å²) in [4.78, 5) is 6.44. The Morgan fingerprint density at radius 3 is 1.43 bits per heavy atom. The van der Waals surface area contributed by atoms with E-state index in [0.29, 0.717) is 11.8 Å². The van der Waals surface area contributed by atoms with E-state index in [2.05, 4.69) is 12.1 Å². The summed E-state index contributed by atoms with van der Waals surface area (Å²) in [6.45, 7) is 4.00. The summed E-state index contributed by atoms with van der Waals surface area (Å²) in [5.41, 5.74) is 4.82. The van der Waals surface area contributed by atoms with Crippen LogP contribution in [0.2, 0.25) is 0 Å². The summed E-state index contributed by atoms with van der Waals surface area (Å²) in [5.74, 6) is 2.20. The normalized spacial score (nSPS) is 21.8. The Morgan fingerprint density at radius 1 is 0.633 bits per heavy atom. The van der Waals surface area contributed by atoms with Crippen molar-refractivity contribution < 1.29 is 9.22 Å². The summed E-state index contributed by atoms with van der Waals surface area (Å²) in [6.07, 6.45) is 20.7. The van der Waals surface area contributed by atoms with E-state index >= 15 is 0 Å². The lowest BCUT2D eigenvalue weighted by Crippen LogP contribution is -2.14. The number of benzene rings is 1. The van der Waals surface area contributed by atoms with Gasteiger partial charge < -0.3 is 0 Å². The lowest BCUT2D eigenvalue weighted by Gasteiger charge is -2.31. The van der Waals surface area contributed by atoms with Crippen molar-refractivity contribution in [2.75, 3.05) is 7.11 Å². The zero-order valence-electron chi connectivity index (χ0n) is 19.7. The monoisotopic (exact) mass is 432 g/mol. The van der Waals surface area contributed by atoms with E-state index in [1.165, 1.54) is 113 Å². The van der Waals surface area contributed by atoms with Crippen LogP contribution in [0.5, 0.6) is 0 Å².